The average molecular weight is 405 g/mol. The molecule has 31 heavy (non-hydrogen) atoms. The van der Waals surface area contributed by atoms with E-state index in [9.17, 15) is 0 Å². The molecular formula is C27H24N4. The Kier molecular flexibility index (Phi) is 6.51. The van der Waals surface area contributed by atoms with Gasteiger partial charge in [-0.1, -0.05) is 72.8 Å². The predicted octanol–water partition coefficient (Wildman–Crippen LogP) is 7.02. The highest BCUT2D eigenvalue weighted by atomic mass is 15.5. The third kappa shape index (κ3) is 5.25. The molecule has 152 valence electrons. The van der Waals surface area contributed by atoms with Crippen molar-refractivity contribution in [3.63, 3.8) is 0 Å². The Balaban J connectivity index is 1.67. The van der Waals surface area contributed by atoms with Crippen molar-refractivity contribution in [1.82, 2.24) is 0 Å². The summed E-state index contributed by atoms with van der Waals surface area (Å²) in [7, 11) is 0. The maximum Gasteiger partial charge on any atom is 0.0783 e. The first kappa shape index (κ1) is 20.1. The zero-order valence-corrected chi connectivity index (χ0v) is 17.4. The maximum absolute atomic E-state index is 4.85. The molecule has 0 unspecified atom stereocenters. The minimum absolute atomic E-state index is 0.782. The molecule has 4 rings (SSSR count). The van der Waals surface area contributed by atoms with Gasteiger partial charge in [0.1, 0.15) is 0 Å². The summed E-state index contributed by atoms with van der Waals surface area (Å²) in [5, 5.41) is 13.4. The van der Waals surface area contributed by atoms with Gasteiger partial charge < -0.3 is 0 Å². The van der Waals surface area contributed by atoms with Crippen molar-refractivity contribution in [3.8, 4) is 0 Å². The van der Waals surface area contributed by atoms with Crippen LogP contribution in [0, 0.1) is 0 Å². The molecule has 0 spiro atoms. The van der Waals surface area contributed by atoms with Gasteiger partial charge in [-0.3, -0.25) is 0 Å². The van der Waals surface area contributed by atoms with E-state index in [0.29, 0.717) is 0 Å². The van der Waals surface area contributed by atoms with Crippen LogP contribution in [0.1, 0.15) is 6.92 Å². The third-order valence-corrected chi connectivity index (χ3v) is 4.62. The number of benzene rings is 4. The van der Waals surface area contributed by atoms with Gasteiger partial charge >= 0.3 is 0 Å². The lowest BCUT2D eigenvalue weighted by molar-refractivity contribution is 1.08. The Hall–Kier alpha value is -4.18. The predicted molar refractivity (Wildman–Crippen MR) is 132 cm³/mol. The Morgan fingerprint density at radius 3 is 1.19 bits per heavy atom. The second kappa shape index (κ2) is 10.0. The first-order valence-electron chi connectivity index (χ1n) is 10.2. The van der Waals surface area contributed by atoms with Gasteiger partial charge in [0.05, 0.1) is 34.7 Å². The molecule has 0 aliphatic rings. The van der Waals surface area contributed by atoms with E-state index in [-0.39, 0.29) is 0 Å². The molecule has 0 saturated heterocycles. The van der Waals surface area contributed by atoms with E-state index in [1.807, 2.05) is 138 Å². The molecule has 0 aliphatic carbocycles. The maximum atomic E-state index is 4.85. The molecule has 4 nitrogen and oxygen atoms in total. The van der Waals surface area contributed by atoms with E-state index < -0.39 is 0 Å². The van der Waals surface area contributed by atoms with Crippen LogP contribution in [0.25, 0.3) is 0 Å². The molecular weight excluding hydrogens is 380 g/mol. The van der Waals surface area contributed by atoms with Crippen molar-refractivity contribution < 1.29 is 0 Å². The van der Waals surface area contributed by atoms with Gasteiger partial charge in [0.2, 0.25) is 0 Å². The van der Waals surface area contributed by atoms with E-state index in [1.165, 1.54) is 0 Å². The molecule has 0 amide bonds. The molecule has 0 aliphatic heterocycles. The quantitative estimate of drug-likeness (QED) is 0.245. The van der Waals surface area contributed by atoms with Crippen LogP contribution >= 0.6 is 0 Å². The molecule has 0 aromatic heterocycles. The Labute approximate surface area is 183 Å². The fourth-order valence-electron chi connectivity index (χ4n) is 3.15. The molecule has 0 atom stereocenters. The van der Waals surface area contributed by atoms with Crippen molar-refractivity contribution in [2.24, 2.45) is 10.2 Å². The molecule has 0 fully saturated rings. The summed E-state index contributed by atoms with van der Waals surface area (Å²) >= 11 is 0. The summed E-state index contributed by atoms with van der Waals surface area (Å²) < 4.78 is 0. The standard InChI is InChI=1S/C27H24N4/c1-23(29-31(26-18-10-4-11-19-26)27-20-12-5-13-21-27)22-28-30(24-14-6-2-7-15-24)25-16-8-3-9-17-25/h2-22H,1H3/b28-22+,29-23+. The third-order valence-electron chi connectivity index (χ3n) is 4.62. The smallest absolute Gasteiger partial charge is 0.0783 e. The number of nitrogens with zero attached hydrogens (tertiary/aromatic N) is 4. The molecule has 0 heterocycles. The summed E-state index contributed by atoms with van der Waals surface area (Å²) in [6.07, 6.45) is 1.79. The number of anilines is 4. The lowest BCUT2D eigenvalue weighted by Crippen LogP contribution is -2.14. The molecule has 0 radical (unpaired) electrons. The Morgan fingerprint density at radius 2 is 0.839 bits per heavy atom. The lowest BCUT2D eigenvalue weighted by atomic mass is 10.2. The van der Waals surface area contributed by atoms with E-state index in [1.54, 1.807) is 6.21 Å². The molecule has 4 aromatic rings. The van der Waals surface area contributed by atoms with E-state index in [4.69, 9.17) is 10.2 Å². The first-order chi connectivity index (χ1) is 15.3. The minimum Gasteiger partial charge on any atom is -0.234 e. The topological polar surface area (TPSA) is 31.2 Å². The minimum atomic E-state index is 0.782. The molecule has 4 heteroatoms. The van der Waals surface area contributed by atoms with Crippen molar-refractivity contribution in [3.05, 3.63) is 121 Å². The zero-order valence-electron chi connectivity index (χ0n) is 17.4. The highest BCUT2D eigenvalue weighted by molar-refractivity contribution is 6.30. The van der Waals surface area contributed by atoms with Crippen molar-refractivity contribution >= 4 is 34.7 Å². The fraction of sp³-hybridized carbons (Fsp3) is 0.0370. The summed E-state index contributed by atoms with van der Waals surface area (Å²) in [5.41, 5.74) is 4.74. The van der Waals surface area contributed by atoms with Crippen LogP contribution in [0.4, 0.5) is 22.7 Å². The van der Waals surface area contributed by atoms with Gasteiger partial charge in [0, 0.05) is 0 Å². The highest BCUT2D eigenvalue weighted by Gasteiger charge is 2.09. The Bertz CT molecular complexity index is 1050. The molecule has 4 aromatic carbocycles. The van der Waals surface area contributed by atoms with Crippen LogP contribution in [0.3, 0.4) is 0 Å². The van der Waals surface area contributed by atoms with Crippen molar-refractivity contribution in [1.29, 1.82) is 0 Å². The normalized spacial score (nSPS) is 11.5. The van der Waals surface area contributed by atoms with Gasteiger partial charge in [-0.15, -0.1) is 0 Å². The summed E-state index contributed by atoms with van der Waals surface area (Å²) in [6.45, 7) is 1.95. The van der Waals surface area contributed by atoms with Gasteiger partial charge in [0.15, 0.2) is 0 Å². The van der Waals surface area contributed by atoms with Crippen molar-refractivity contribution in [2.45, 2.75) is 6.92 Å². The van der Waals surface area contributed by atoms with Crippen LogP contribution in [-0.4, -0.2) is 11.9 Å². The lowest BCUT2D eigenvalue weighted by Gasteiger charge is -2.21. The molecule has 0 bridgehead atoms. The van der Waals surface area contributed by atoms with Gasteiger partial charge in [-0.2, -0.15) is 10.2 Å². The fourth-order valence-corrected chi connectivity index (χ4v) is 3.15. The van der Waals surface area contributed by atoms with Crippen LogP contribution in [0.5, 0.6) is 0 Å². The number of rotatable bonds is 7. The molecule has 0 N–H and O–H groups in total. The van der Waals surface area contributed by atoms with Crippen LogP contribution in [-0.2, 0) is 0 Å². The average Bonchev–Trinajstić information content (AvgIpc) is 2.85. The van der Waals surface area contributed by atoms with Gasteiger partial charge in [-0.25, -0.2) is 10.0 Å². The Morgan fingerprint density at radius 1 is 0.516 bits per heavy atom. The summed E-state index contributed by atoms with van der Waals surface area (Å²) in [6, 6.07) is 40.4. The SMILES string of the molecule is CC(/C=N/N(c1ccccc1)c1ccccc1)=N\N(c1ccccc1)c1ccccc1. The van der Waals surface area contributed by atoms with Crippen LogP contribution < -0.4 is 10.0 Å². The van der Waals surface area contributed by atoms with Crippen molar-refractivity contribution in [2.75, 3.05) is 10.0 Å². The van der Waals surface area contributed by atoms with E-state index in [0.717, 1.165) is 28.5 Å². The zero-order chi connectivity index (χ0) is 21.3. The number of hydrazone groups is 2. The second-order valence-electron chi connectivity index (χ2n) is 6.95. The summed E-state index contributed by atoms with van der Waals surface area (Å²) in [5.74, 6) is 0. The van der Waals surface area contributed by atoms with Gasteiger partial charge in [0.25, 0.3) is 0 Å². The summed E-state index contributed by atoms with van der Waals surface area (Å²) in [4.78, 5) is 0. The molecule has 0 saturated carbocycles. The number of hydrogen-bond acceptors (Lipinski definition) is 4. The number of para-hydroxylation sites is 4. The van der Waals surface area contributed by atoms with Crippen LogP contribution in [0.2, 0.25) is 0 Å². The first-order valence-corrected chi connectivity index (χ1v) is 10.2. The monoisotopic (exact) mass is 404 g/mol. The van der Waals surface area contributed by atoms with E-state index >= 15 is 0 Å². The second-order valence-corrected chi connectivity index (χ2v) is 6.95. The van der Waals surface area contributed by atoms with E-state index in [2.05, 4.69) is 0 Å². The van der Waals surface area contributed by atoms with Crippen LogP contribution in [0.15, 0.2) is 132 Å². The largest absolute Gasteiger partial charge is 0.234 e. The highest BCUT2D eigenvalue weighted by Crippen LogP contribution is 2.26. The number of hydrogen-bond donors (Lipinski definition) is 0. The van der Waals surface area contributed by atoms with Gasteiger partial charge in [-0.05, 0) is 55.5 Å².